The van der Waals surface area contributed by atoms with Crippen LogP contribution in [0.1, 0.15) is 31.1 Å². The predicted octanol–water partition coefficient (Wildman–Crippen LogP) is 0.774. The molecule has 1 rings (SSSR count). The minimum Gasteiger partial charge on any atom is -0.465 e. The largest absolute Gasteiger partial charge is 0.465 e. The van der Waals surface area contributed by atoms with Gasteiger partial charge in [-0.2, -0.15) is 5.10 Å². The van der Waals surface area contributed by atoms with Gasteiger partial charge < -0.3 is 10.5 Å². The van der Waals surface area contributed by atoms with Crippen LogP contribution in [0.5, 0.6) is 0 Å². The minimum atomic E-state index is -0.278. The van der Waals surface area contributed by atoms with Gasteiger partial charge in [0.05, 0.1) is 12.8 Å². The second-order valence-corrected chi connectivity index (χ2v) is 3.44. The summed E-state index contributed by atoms with van der Waals surface area (Å²) in [6.45, 7) is 6.09. The lowest BCUT2D eigenvalue weighted by Crippen LogP contribution is -2.16. The van der Waals surface area contributed by atoms with E-state index in [-0.39, 0.29) is 18.6 Å². The Kier molecular flexibility index (Phi) is 3.85. The molecular weight excluding hydrogens is 194 g/mol. The standard InChI is InChI=1S/C10H17N3O2/c1-4-15-10(14)6-13-8(3)9(5-12-13)7(2)11/h5,7H,4,6,11H2,1-3H3. The number of nitrogens with two attached hydrogens (primary N) is 1. The average Bonchev–Trinajstić information content (AvgIpc) is 2.48. The van der Waals surface area contributed by atoms with Crippen LogP contribution >= 0.6 is 0 Å². The Labute approximate surface area is 89.2 Å². The SMILES string of the molecule is CCOC(=O)Cn1ncc(C(C)N)c1C. The minimum absolute atomic E-state index is 0.0686. The van der Waals surface area contributed by atoms with Gasteiger partial charge >= 0.3 is 5.97 Å². The lowest BCUT2D eigenvalue weighted by molar-refractivity contribution is -0.144. The number of ether oxygens (including phenoxy) is 1. The molecule has 2 N–H and O–H groups in total. The molecule has 5 heteroatoms. The summed E-state index contributed by atoms with van der Waals surface area (Å²) in [7, 11) is 0. The molecule has 0 bridgehead atoms. The Morgan fingerprint density at radius 1 is 1.73 bits per heavy atom. The van der Waals surface area contributed by atoms with Gasteiger partial charge in [0.25, 0.3) is 0 Å². The summed E-state index contributed by atoms with van der Waals surface area (Å²) in [5.74, 6) is -0.278. The van der Waals surface area contributed by atoms with Crippen molar-refractivity contribution in [3.8, 4) is 0 Å². The van der Waals surface area contributed by atoms with Gasteiger partial charge in [0.2, 0.25) is 0 Å². The van der Waals surface area contributed by atoms with Crippen LogP contribution in [0.3, 0.4) is 0 Å². The third-order valence-electron chi connectivity index (χ3n) is 2.22. The van der Waals surface area contributed by atoms with Crippen molar-refractivity contribution in [2.45, 2.75) is 33.4 Å². The summed E-state index contributed by atoms with van der Waals surface area (Å²) in [6, 6.07) is -0.0686. The molecule has 0 aliphatic carbocycles. The maximum Gasteiger partial charge on any atom is 0.327 e. The van der Waals surface area contributed by atoms with Gasteiger partial charge in [0.15, 0.2) is 0 Å². The lowest BCUT2D eigenvalue weighted by atomic mass is 10.1. The van der Waals surface area contributed by atoms with Gasteiger partial charge in [-0.25, -0.2) is 0 Å². The topological polar surface area (TPSA) is 70.1 Å². The third kappa shape index (κ3) is 2.79. The summed E-state index contributed by atoms with van der Waals surface area (Å²) in [4.78, 5) is 11.2. The van der Waals surface area contributed by atoms with Crippen LogP contribution in [0.15, 0.2) is 6.20 Å². The van der Waals surface area contributed by atoms with Gasteiger partial charge in [0.1, 0.15) is 6.54 Å². The molecule has 0 spiro atoms. The number of nitrogens with zero attached hydrogens (tertiary/aromatic N) is 2. The van der Waals surface area contributed by atoms with E-state index < -0.39 is 0 Å². The summed E-state index contributed by atoms with van der Waals surface area (Å²) in [5.41, 5.74) is 7.62. The molecule has 0 saturated carbocycles. The van der Waals surface area contributed by atoms with Crippen molar-refractivity contribution in [3.05, 3.63) is 17.5 Å². The van der Waals surface area contributed by atoms with E-state index in [4.69, 9.17) is 10.5 Å². The zero-order valence-electron chi connectivity index (χ0n) is 9.36. The zero-order valence-corrected chi connectivity index (χ0v) is 9.36. The highest BCUT2D eigenvalue weighted by Gasteiger charge is 2.12. The van der Waals surface area contributed by atoms with Gasteiger partial charge in [-0.1, -0.05) is 0 Å². The highest BCUT2D eigenvalue weighted by atomic mass is 16.5. The summed E-state index contributed by atoms with van der Waals surface area (Å²) >= 11 is 0. The van der Waals surface area contributed by atoms with Crippen LogP contribution in [-0.2, 0) is 16.1 Å². The van der Waals surface area contributed by atoms with Crippen molar-refractivity contribution in [2.24, 2.45) is 5.73 Å². The quantitative estimate of drug-likeness (QED) is 0.747. The molecule has 0 radical (unpaired) electrons. The van der Waals surface area contributed by atoms with Crippen LogP contribution in [-0.4, -0.2) is 22.4 Å². The molecule has 0 aromatic carbocycles. The molecule has 0 fully saturated rings. The maximum atomic E-state index is 11.2. The van der Waals surface area contributed by atoms with Gasteiger partial charge in [-0.15, -0.1) is 0 Å². The fraction of sp³-hybridized carbons (Fsp3) is 0.600. The van der Waals surface area contributed by atoms with E-state index in [1.54, 1.807) is 17.8 Å². The molecule has 0 aliphatic heterocycles. The van der Waals surface area contributed by atoms with Crippen molar-refractivity contribution in [1.29, 1.82) is 0 Å². The van der Waals surface area contributed by atoms with Crippen molar-refractivity contribution in [2.75, 3.05) is 6.61 Å². The molecule has 0 amide bonds. The first kappa shape index (κ1) is 11.7. The Morgan fingerprint density at radius 2 is 2.40 bits per heavy atom. The van der Waals surface area contributed by atoms with E-state index in [9.17, 15) is 4.79 Å². The fourth-order valence-corrected chi connectivity index (χ4v) is 1.40. The number of aromatic nitrogens is 2. The average molecular weight is 211 g/mol. The van der Waals surface area contributed by atoms with Gasteiger partial charge in [0, 0.05) is 17.3 Å². The number of hydrogen-bond acceptors (Lipinski definition) is 4. The summed E-state index contributed by atoms with van der Waals surface area (Å²) < 4.78 is 6.45. The highest BCUT2D eigenvalue weighted by Crippen LogP contribution is 2.14. The first-order chi connectivity index (χ1) is 7.06. The van der Waals surface area contributed by atoms with Crippen LogP contribution in [0, 0.1) is 6.92 Å². The van der Waals surface area contributed by atoms with Crippen molar-refractivity contribution < 1.29 is 9.53 Å². The van der Waals surface area contributed by atoms with Gasteiger partial charge in [-0.05, 0) is 20.8 Å². The maximum absolute atomic E-state index is 11.2. The first-order valence-corrected chi connectivity index (χ1v) is 4.99. The predicted molar refractivity (Wildman–Crippen MR) is 56.2 cm³/mol. The van der Waals surface area contributed by atoms with Crippen molar-refractivity contribution >= 4 is 5.97 Å². The van der Waals surface area contributed by atoms with E-state index in [0.29, 0.717) is 6.61 Å². The summed E-state index contributed by atoms with van der Waals surface area (Å²) in [6.07, 6.45) is 1.69. The number of hydrogen-bond donors (Lipinski definition) is 1. The normalized spacial score (nSPS) is 12.5. The van der Waals surface area contributed by atoms with Crippen LogP contribution in [0.25, 0.3) is 0 Å². The van der Waals surface area contributed by atoms with E-state index in [1.807, 2.05) is 13.8 Å². The van der Waals surface area contributed by atoms with E-state index in [0.717, 1.165) is 11.3 Å². The van der Waals surface area contributed by atoms with Crippen molar-refractivity contribution in [3.63, 3.8) is 0 Å². The molecule has 5 nitrogen and oxygen atoms in total. The highest BCUT2D eigenvalue weighted by molar-refractivity contribution is 5.69. The third-order valence-corrected chi connectivity index (χ3v) is 2.22. The van der Waals surface area contributed by atoms with E-state index >= 15 is 0 Å². The first-order valence-electron chi connectivity index (χ1n) is 4.99. The Bertz CT molecular complexity index is 344. The molecule has 0 aliphatic rings. The smallest absolute Gasteiger partial charge is 0.327 e. The molecule has 1 aromatic heterocycles. The van der Waals surface area contributed by atoms with E-state index in [2.05, 4.69) is 5.10 Å². The molecule has 15 heavy (non-hydrogen) atoms. The fourth-order valence-electron chi connectivity index (χ4n) is 1.40. The molecule has 0 saturated heterocycles. The van der Waals surface area contributed by atoms with Crippen LogP contribution in [0.2, 0.25) is 0 Å². The molecule has 1 unspecified atom stereocenters. The molecular formula is C10H17N3O2. The van der Waals surface area contributed by atoms with E-state index in [1.165, 1.54) is 0 Å². The number of rotatable bonds is 4. The summed E-state index contributed by atoms with van der Waals surface area (Å²) in [5, 5.41) is 4.10. The Hall–Kier alpha value is -1.36. The second-order valence-electron chi connectivity index (χ2n) is 3.44. The molecule has 1 atom stereocenters. The number of carbonyl (C=O) groups is 1. The lowest BCUT2D eigenvalue weighted by Gasteiger charge is -2.06. The zero-order chi connectivity index (χ0) is 11.4. The molecule has 84 valence electrons. The van der Waals surface area contributed by atoms with Gasteiger partial charge in [-0.3, -0.25) is 9.48 Å². The number of carbonyl (C=O) groups excluding carboxylic acids is 1. The molecule has 1 heterocycles. The van der Waals surface area contributed by atoms with Crippen LogP contribution in [0.4, 0.5) is 0 Å². The Balaban J connectivity index is 2.74. The molecule has 1 aromatic rings. The number of esters is 1. The van der Waals surface area contributed by atoms with Crippen LogP contribution < -0.4 is 5.73 Å². The van der Waals surface area contributed by atoms with Crippen molar-refractivity contribution in [1.82, 2.24) is 9.78 Å². The monoisotopic (exact) mass is 211 g/mol. The second kappa shape index (κ2) is 4.93. The Morgan fingerprint density at radius 3 is 2.87 bits per heavy atom.